The summed E-state index contributed by atoms with van der Waals surface area (Å²) in [5, 5.41) is 3.15. The van der Waals surface area contributed by atoms with Crippen molar-refractivity contribution >= 4 is 27.9 Å². The standard InChI is InChI=1S/C10H9BrN2O3/c11-8-3-1-2-7(4-8)6-16-13-5-9(14)12-10(13)15/h1-4H,5-6H2,(H,12,14,15). The fourth-order valence-corrected chi connectivity index (χ4v) is 1.75. The number of nitrogens with one attached hydrogen (secondary N) is 1. The van der Waals surface area contributed by atoms with Crippen LogP contribution < -0.4 is 5.32 Å². The number of rotatable bonds is 3. The average molecular weight is 285 g/mol. The van der Waals surface area contributed by atoms with Crippen molar-refractivity contribution in [3.05, 3.63) is 34.3 Å². The van der Waals surface area contributed by atoms with Crippen LogP contribution in [0.5, 0.6) is 0 Å². The van der Waals surface area contributed by atoms with E-state index < -0.39 is 6.03 Å². The fraction of sp³-hybridized carbons (Fsp3) is 0.200. The molecule has 1 aliphatic rings. The van der Waals surface area contributed by atoms with Gasteiger partial charge in [0.25, 0.3) is 0 Å². The Morgan fingerprint density at radius 1 is 1.44 bits per heavy atom. The number of amides is 3. The van der Waals surface area contributed by atoms with Crippen LogP contribution >= 0.6 is 15.9 Å². The molecule has 1 aliphatic heterocycles. The maximum atomic E-state index is 11.1. The van der Waals surface area contributed by atoms with E-state index in [9.17, 15) is 9.59 Å². The molecule has 0 bridgehead atoms. The summed E-state index contributed by atoms with van der Waals surface area (Å²) >= 11 is 3.33. The molecular weight excluding hydrogens is 276 g/mol. The molecule has 1 N–H and O–H groups in total. The highest BCUT2D eigenvalue weighted by Crippen LogP contribution is 2.13. The van der Waals surface area contributed by atoms with Gasteiger partial charge in [-0.15, -0.1) is 0 Å². The van der Waals surface area contributed by atoms with Crippen molar-refractivity contribution in [2.45, 2.75) is 6.61 Å². The van der Waals surface area contributed by atoms with E-state index in [0.717, 1.165) is 15.1 Å². The Balaban J connectivity index is 1.93. The van der Waals surface area contributed by atoms with Crippen LogP contribution in [-0.4, -0.2) is 23.5 Å². The summed E-state index contributed by atoms with van der Waals surface area (Å²) in [5.41, 5.74) is 0.918. The van der Waals surface area contributed by atoms with Crippen LogP contribution in [0.3, 0.4) is 0 Å². The summed E-state index contributed by atoms with van der Waals surface area (Å²) in [4.78, 5) is 27.2. The lowest BCUT2D eigenvalue weighted by Crippen LogP contribution is -2.28. The lowest BCUT2D eigenvalue weighted by atomic mass is 10.2. The molecule has 5 nitrogen and oxygen atoms in total. The topological polar surface area (TPSA) is 58.6 Å². The number of imide groups is 1. The molecule has 3 amide bonds. The average Bonchev–Trinajstić information content (AvgIpc) is 2.54. The first-order chi connectivity index (χ1) is 7.65. The SMILES string of the molecule is O=C1CN(OCc2cccc(Br)c2)C(=O)N1. The molecule has 16 heavy (non-hydrogen) atoms. The zero-order valence-corrected chi connectivity index (χ0v) is 9.86. The van der Waals surface area contributed by atoms with Gasteiger partial charge in [-0.2, -0.15) is 5.06 Å². The predicted octanol–water partition coefficient (Wildman–Crippen LogP) is 1.43. The highest BCUT2D eigenvalue weighted by atomic mass is 79.9. The molecule has 1 aromatic rings. The minimum Gasteiger partial charge on any atom is -0.274 e. The van der Waals surface area contributed by atoms with Crippen LogP contribution in [-0.2, 0) is 16.2 Å². The first-order valence-corrected chi connectivity index (χ1v) is 5.43. The van der Waals surface area contributed by atoms with E-state index in [-0.39, 0.29) is 19.1 Å². The Morgan fingerprint density at radius 2 is 2.25 bits per heavy atom. The molecule has 0 spiro atoms. The Kier molecular flexibility index (Phi) is 3.21. The molecule has 0 unspecified atom stereocenters. The maximum absolute atomic E-state index is 11.1. The zero-order valence-electron chi connectivity index (χ0n) is 8.27. The Morgan fingerprint density at radius 3 is 2.88 bits per heavy atom. The number of benzene rings is 1. The van der Waals surface area contributed by atoms with Crippen molar-refractivity contribution in [1.29, 1.82) is 0 Å². The molecule has 0 aliphatic carbocycles. The number of hydroxylamine groups is 2. The molecule has 0 saturated carbocycles. The zero-order chi connectivity index (χ0) is 11.5. The van der Waals surface area contributed by atoms with E-state index >= 15 is 0 Å². The Bertz CT molecular complexity index is 436. The highest BCUT2D eigenvalue weighted by Gasteiger charge is 2.27. The van der Waals surface area contributed by atoms with Crippen LogP contribution in [0.15, 0.2) is 28.7 Å². The predicted molar refractivity (Wildman–Crippen MR) is 59.2 cm³/mol. The summed E-state index contributed by atoms with van der Waals surface area (Å²) in [7, 11) is 0. The largest absolute Gasteiger partial charge is 0.348 e. The number of carbonyl (C=O) groups is 2. The van der Waals surface area contributed by atoms with Gasteiger partial charge in [-0.1, -0.05) is 28.1 Å². The molecule has 0 atom stereocenters. The van der Waals surface area contributed by atoms with Crippen molar-refractivity contribution in [2.24, 2.45) is 0 Å². The van der Waals surface area contributed by atoms with Crippen molar-refractivity contribution in [3.8, 4) is 0 Å². The van der Waals surface area contributed by atoms with Gasteiger partial charge in [0.1, 0.15) is 13.2 Å². The van der Waals surface area contributed by atoms with E-state index in [0.29, 0.717) is 0 Å². The van der Waals surface area contributed by atoms with Crippen LogP contribution in [0.4, 0.5) is 4.79 Å². The van der Waals surface area contributed by atoms with Crippen LogP contribution in [0.1, 0.15) is 5.56 Å². The molecule has 0 radical (unpaired) electrons. The van der Waals surface area contributed by atoms with Crippen molar-refractivity contribution in [3.63, 3.8) is 0 Å². The molecule has 1 aromatic carbocycles. The molecule has 6 heteroatoms. The minimum absolute atomic E-state index is 0.0488. The molecule has 2 rings (SSSR count). The second kappa shape index (κ2) is 4.63. The highest BCUT2D eigenvalue weighted by molar-refractivity contribution is 9.10. The van der Waals surface area contributed by atoms with Gasteiger partial charge in [0.15, 0.2) is 0 Å². The van der Waals surface area contributed by atoms with Crippen LogP contribution in [0.2, 0.25) is 0 Å². The van der Waals surface area contributed by atoms with Gasteiger partial charge in [-0.25, -0.2) is 4.79 Å². The second-order valence-corrected chi connectivity index (χ2v) is 4.21. The van der Waals surface area contributed by atoms with Gasteiger partial charge < -0.3 is 0 Å². The van der Waals surface area contributed by atoms with Crippen molar-refractivity contribution in [2.75, 3.05) is 6.54 Å². The number of halogens is 1. The summed E-state index contributed by atoms with van der Waals surface area (Å²) in [6.45, 7) is 0.201. The van der Waals surface area contributed by atoms with Gasteiger partial charge in [0.05, 0.1) is 0 Å². The fourth-order valence-electron chi connectivity index (χ4n) is 1.31. The normalized spacial score (nSPS) is 15.4. The first kappa shape index (κ1) is 11.1. The molecule has 84 valence electrons. The minimum atomic E-state index is -0.514. The van der Waals surface area contributed by atoms with Crippen molar-refractivity contribution < 1.29 is 14.4 Å². The lowest BCUT2D eigenvalue weighted by molar-refractivity contribution is -0.134. The summed E-state index contributed by atoms with van der Waals surface area (Å²) in [6, 6.07) is 7.02. The maximum Gasteiger partial charge on any atom is 0.348 e. The smallest absolute Gasteiger partial charge is 0.274 e. The molecule has 1 fully saturated rings. The monoisotopic (exact) mass is 284 g/mol. The van der Waals surface area contributed by atoms with Crippen LogP contribution in [0.25, 0.3) is 0 Å². The number of nitrogens with zero attached hydrogens (tertiary/aromatic N) is 1. The summed E-state index contributed by atoms with van der Waals surface area (Å²) < 4.78 is 0.940. The van der Waals surface area contributed by atoms with Gasteiger partial charge in [0, 0.05) is 4.47 Å². The Hall–Kier alpha value is -1.40. The third-order valence-corrected chi connectivity index (χ3v) is 2.53. The van der Waals surface area contributed by atoms with E-state index in [4.69, 9.17) is 4.84 Å². The van der Waals surface area contributed by atoms with Crippen molar-refractivity contribution in [1.82, 2.24) is 10.4 Å². The van der Waals surface area contributed by atoms with Gasteiger partial charge in [0.2, 0.25) is 5.91 Å². The second-order valence-electron chi connectivity index (χ2n) is 3.29. The molecule has 0 aromatic heterocycles. The van der Waals surface area contributed by atoms with E-state index in [1.165, 1.54) is 0 Å². The van der Waals surface area contributed by atoms with Gasteiger partial charge in [-0.3, -0.25) is 14.9 Å². The molecule has 1 saturated heterocycles. The number of hydrogen-bond acceptors (Lipinski definition) is 3. The van der Waals surface area contributed by atoms with E-state index in [1.54, 1.807) is 0 Å². The van der Waals surface area contributed by atoms with Gasteiger partial charge in [-0.05, 0) is 17.7 Å². The number of hydrogen-bond donors (Lipinski definition) is 1. The van der Waals surface area contributed by atoms with E-state index in [2.05, 4.69) is 21.2 Å². The first-order valence-electron chi connectivity index (χ1n) is 4.64. The quantitative estimate of drug-likeness (QED) is 0.855. The van der Waals surface area contributed by atoms with Gasteiger partial charge >= 0.3 is 6.03 Å². The molecule has 1 heterocycles. The number of urea groups is 1. The molecular formula is C10H9BrN2O3. The number of carbonyl (C=O) groups excluding carboxylic acids is 2. The lowest BCUT2D eigenvalue weighted by Gasteiger charge is -2.12. The van der Waals surface area contributed by atoms with E-state index in [1.807, 2.05) is 24.3 Å². The Labute approximate surface area is 100 Å². The third kappa shape index (κ3) is 2.59. The summed E-state index contributed by atoms with van der Waals surface area (Å²) in [6.07, 6.45) is 0. The third-order valence-electron chi connectivity index (χ3n) is 2.04. The van der Waals surface area contributed by atoms with Crippen LogP contribution in [0, 0.1) is 0 Å². The summed E-state index contributed by atoms with van der Waals surface area (Å²) in [5.74, 6) is -0.348.